The van der Waals surface area contributed by atoms with Crippen LogP contribution in [0.15, 0.2) is 197 Å². The normalized spacial score (nSPS) is 13.1. The molecule has 5 heteroatoms. The van der Waals surface area contributed by atoms with E-state index < -0.39 is 0 Å². The lowest BCUT2D eigenvalue weighted by Gasteiger charge is -2.09. The average Bonchev–Trinajstić information content (AvgIpc) is 3.92. The lowest BCUT2D eigenvalue weighted by atomic mass is 10.0. The molecule has 11 rings (SSSR count). The minimum absolute atomic E-state index is 0.0376. The minimum atomic E-state index is -0.357. The van der Waals surface area contributed by atoms with Gasteiger partial charge in [0.25, 0.3) is 0 Å². The van der Waals surface area contributed by atoms with E-state index in [1.807, 2.05) is 127 Å². The molecule has 56 heavy (non-hydrogen) atoms. The van der Waals surface area contributed by atoms with Crippen LogP contribution in [0.1, 0.15) is 8.22 Å². The highest BCUT2D eigenvalue weighted by Gasteiger charge is 2.20. The third kappa shape index (κ3) is 5.45. The van der Waals surface area contributed by atoms with E-state index in [1.165, 1.54) is 0 Å². The molecule has 5 nitrogen and oxygen atoms in total. The molecule has 0 atom stereocenters. The summed E-state index contributed by atoms with van der Waals surface area (Å²) in [5.74, 6) is 0.460. The number of hydrogen-bond acceptors (Lipinski definition) is 5. The Kier molecular flexibility index (Phi) is 6.10. The van der Waals surface area contributed by atoms with Gasteiger partial charge in [-0.1, -0.05) is 158 Å². The highest BCUT2D eigenvalue weighted by molar-refractivity contribution is 6.13. The second-order valence-electron chi connectivity index (χ2n) is 13.5. The summed E-state index contributed by atoms with van der Waals surface area (Å²) in [5.41, 5.74) is 6.92. The van der Waals surface area contributed by atoms with Crippen molar-refractivity contribution in [1.82, 2.24) is 15.0 Å². The van der Waals surface area contributed by atoms with Crippen molar-refractivity contribution in [3.63, 3.8) is 0 Å². The summed E-state index contributed by atoms with van der Waals surface area (Å²) >= 11 is 0. The van der Waals surface area contributed by atoms with E-state index in [-0.39, 0.29) is 86.8 Å². The maximum atomic E-state index is 9.56. The fraction of sp³-hybridized carbons (Fsp3) is 0. The summed E-state index contributed by atoms with van der Waals surface area (Å²) in [6.07, 6.45) is 0. The topological polar surface area (TPSA) is 65.0 Å². The van der Waals surface area contributed by atoms with Crippen molar-refractivity contribution >= 4 is 43.9 Å². The first-order chi connectivity index (χ1) is 30.3. The fourth-order valence-corrected chi connectivity index (χ4v) is 7.27. The van der Waals surface area contributed by atoms with Crippen molar-refractivity contribution in [2.75, 3.05) is 0 Å². The quantitative estimate of drug-likeness (QED) is 0.171. The van der Waals surface area contributed by atoms with E-state index in [0.717, 1.165) is 33.0 Å². The van der Waals surface area contributed by atoms with Gasteiger partial charge in [-0.15, -0.1) is 0 Å². The van der Waals surface area contributed by atoms with Gasteiger partial charge in [-0.05, 0) is 58.1 Å². The van der Waals surface area contributed by atoms with E-state index in [1.54, 1.807) is 24.3 Å². The van der Waals surface area contributed by atoms with Crippen molar-refractivity contribution in [1.29, 1.82) is 0 Å². The SMILES string of the molecule is [2H]c1c(-c2ccccc2)c([2H])c2c(oc3c([2H])c(-c4nc(-c5ccc(-c6ccccc6)cc5)nc(-c5cccc6c5oc5c(-c7ccccc7)cccc56)n4)c([2H])c([2H])c32)c1[2H]. The Labute approximate surface area is 330 Å². The van der Waals surface area contributed by atoms with Gasteiger partial charge in [-0.25, -0.2) is 15.0 Å². The molecule has 0 radical (unpaired) electrons. The Morgan fingerprint density at radius 3 is 1.55 bits per heavy atom. The number of para-hydroxylation sites is 2. The number of rotatable bonds is 6. The van der Waals surface area contributed by atoms with Crippen molar-refractivity contribution in [3.05, 3.63) is 188 Å². The number of furan rings is 2. The first-order valence-corrected chi connectivity index (χ1v) is 18.2. The number of nitrogens with zero attached hydrogens (tertiary/aromatic N) is 3. The third-order valence-corrected chi connectivity index (χ3v) is 10.0. The zero-order valence-electron chi connectivity index (χ0n) is 35.6. The third-order valence-electron chi connectivity index (χ3n) is 10.0. The maximum Gasteiger partial charge on any atom is 0.167 e. The van der Waals surface area contributed by atoms with Crippen molar-refractivity contribution in [3.8, 4) is 67.5 Å². The first kappa shape index (κ1) is 26.2. The molecule has 0 unspecified atom stereocenters. The van der Waals surface area contributed by atoms with E-state index in [2.05, 4.69) is 0 Å². The zero-order chi connectivity index (χ0) is 42.2. The Hall–Kier alpha value is -7.63. The van der Waals surface area contributed by atoms with Gasteiger partial charge in [0.2, 0.25) is 0 Å². The fourth-order valence-electron chi connectivity index (χ4n) is 7.27. The molecule has 8 aromatic carbocycles. The van der Waals surface area contributed by atoms with Gasteiger partial charge in [-0.3, -0.25) is 0 Å². The molecule has 0 bridgehead atoms. The number of fused-ring (bicyclic) bond motifs is 6. The summed E-state index contributed by atoms with van der Waals surface area (Å²) < 4.78 is 68.3. The summed E-state index contributed by atoms with van der Waals surface area (Å²) in [6.45, 7) is 0. The molecule has 0 saturated heterocycles. The van der Waals surface area contributed by atoms with Gasteiger partial charge in [0.1, 0.15) is 22.3 Å². The van der Waals surface area contributed by atoms with Crippen LogP contribution in [-0.2, 0) is 0 Å². The van der Waals surface area contributed by atoms with Crippen LogP contribution < -0.4 is 0 Å². The molecule has 0 N–H and O–H groups in total. The molecule has 0 aliphatic carbocycles. The Morgan fingerprint density at radius 1 is 0.321 bits per heavy atom. The van der Waals surface area contributed by atoms with E-state index in [9.17, 15) is 5.48 Å². The zero-order valence-corrected chi connectivity index (χ0v) is 29.6. The van der Waals surface area contributed by atoms with Gasteiger partial charge in [-0.2, -0.15) is 0 Å². The highest BCUT2D eigenvalue weighted by Crippen LogP contribution is 2.40. The van der Waals surface area contributed by atoms with Gasteiger partial charge < -0.3 is 8.83 Å². The van der Waals surface area contributed by atoms with Crippen molar-refractivity contribution < 1.29 is 17.1 Å². The minimum Gasteiger partial charge on any atom is -0.456 e. The Bertz CT molecular complexity index is 3580. The van der Waals surface area contributed by atoms with Gasteiger partial charge in [0, 0.05) is 38.2 Å². The van der Waals surface area contributed by atoms with Crippen molar-refractivity contribution in [2.24, 2.45) is 0 Å². The van der Waals surface area contributed by atoms with Gasteiger partial charge in [0.15, 0.2) is 17.5 Å². The van der Waals surface area contributed by atoms with Crippen LogP contribution in [0.2, 0.25) is 0 Å². The molecule has 0 amide bonds. The highest BCUT2D eigenvalue weighted by atomic mass is 16.3. The maximum absolute atomic E-state index is 9.56. The standard InChI is InChI=1S/C51H31N3O2/c1-4-12-32(13-5-1)34-22-24-36(25-23-34)49-52-50(38-26-28-40-44-30-37(33-14-6-2-7-15-33)27-29-45(44)55-46(40)31-38)54-51(53-49)43-21-11-20-42-41-19-10-18-39(47(41)56-48(42)43)35-16-8-3-9-17-35/h1-31H/i26D,27D,28D,29D,30D,31D. The van der Waals surface area contributed by atoms with E-state index in [4.69, 9.17) is 26.5 Å². The van der Waals surface area contributed by atoms with Crippen LogP contribution >= 0.6 is 0 Å². The lowest BCUT2D eigenvalue weighted by molar-refractivity contribution is 0.669. The number of benzene rings is 8. The Morgan fingerprint density at radius 2 is 0.857 bits per heavy atom. The molecule has 0 aliphatic heterocycles. The molecule has 0 aliphatic rings. The summed E-state index contributed by atoms with van der Waals surface area (Å²) in [5, 5.41) is 1.91. The molecule has 0 saturated carbocycles. The van der Waals surface area contributed by atoms with E-state index in [0.29, 0.717) is 27.9 Å². The molecular formula is C51H31N3O2. The molecular weight excluding hydrogens is 687 g/mol. The van der Waals surface area contributed by atoms with Crippen LogP contribution in [-0.4, -0.2) is 15.0 Å². The van der Waals surface area contributed by atoms with Crippen molar-refractivity contribution in [2.45, 2.75) is 0 Å². The number of hydrogen-bond donors (Lipinski definition) is 0. The number of aromatic nitrogens is 3. The molecule has 262 valence electrons. The first-order valence-electron chi connectivity index (χ1n) is 21.2. The Balaban J connectivity index is 1.16. The van der Waals surface area contributed by atoms with E-state index >= 15 is 0 Å². The molecule has 3 aromatic heterocycles. The van der Waals surface area contributed by atoms with Gasteiger partial charge >= 0.3 is 0 Å². The summed E-state index contributed by atoms with van der Waals surface area (Å²) in [7, 11) is 0. The second-order valence-corrected chi connectivity index (χ2v) is 13.5. The largest absolute Gasteiger partial charge is 0.456 e. The average molecular weight is 724 g/mol. The van der Waals surface area contributed by atoms with Crippen LogP contribution in [0.3, 0.4) is 0 Å². The van der Waals surface area contributed by atoms with Gasteiger partial charge in [0.05, 0.1) is 13.8 Å². The predicted molar refractivity (Wildman–Crippen MR) is 227 cm³/mol. The monoisotopic (exact) mass is 723 g/mol. The second kappa shape index (κ2) is 13.0. The van der Waals surface area contributed by atoms with Crippen LogP contribution in [0.4, 0.5) is 0 Å². The molecule has 0 spiro atoms. The molecule has 3 heterocycles. The molecule has 0 fully saturated rings. The molecule has 11 aromatic rings. The van der Waals surface area contributed by atoms with Crippen LogP contribution in [0.25, 0.3) is 111 Å². The van der Waals surface area contributed by atoms with Crippen LogP contribution in [0.5, 0.6) is 0 Å². The summed E-state index contributed by atoms with van der Waals surface area (Å²) in [4.78, 5) is 14.8. The lowest BCUT2D eigenvalue weighted by Crippen LogP contribution is -2.00. The van der Waals surface area contributed by atoms with Crippen LogP contribution in [0, 0.1) is 0 Å². The summed E-state index contributed by atoms with van der Waals surface area (Å²) in [6, 6.07) is 46.9. The smallest absolute Gasteiger partial charge is 0.167 e. The predicted octanol–water partition coefficient (Wildman–Crippen LogP) is 13.7.